The fourth-order valence-corrected chi connectivity index (χ4v) is 4.83. The molecule has 0 aromatic heterocycles. The number of benzene rings is 3. The van der Waals surface area contributed by atoms with E-state index < -0.39 is 0 Å². The summed E-state index contributed by atoms with van der Waals surface area (Å²) in [6.45, 7) is 8.08. The average Bonchev–Trinajstić information content (AvgIpc) is 3.01. The van der Waals surface area contributed by atoms with Crippen molar-refractivity contribution in [2.75, 3.05) is 13.2 Å². The van der Waals surface area contributed by atoms with Crippen molar-refractivity contribution in [1.82, 2.24) is 0 Å². The van der Waals surface area contributed by atoms with Crippen molar-refractivity contribution in [2.45, 2.75) is 104 Å². The molecule has 0 aliphatic carbocycles. The molecule has 0 N–H and O–H groups in total. The van der Waals surface area contributed by atoms with E-state index in [0.717, 1.165) is 48.5 Å². The van der Waals surface area contributed by atoms with Crippen molar-refractivity contribution >= 4 is 5.97 Å². The van der Waals surface area contributed by atoms with Crippen LogP contribution in [-0.2, 0) is 4.74 Å². The van der Waals surface area contributed by atoms with Crippen molar-refractivity contribution in [2.24, 2.45) is 0 Å². The molecule has 4 heteroatoms. The van der Waals surface area contributed by atoms with E-state index >= 15 is 0 Å². The molecule has 0 saturated heterocycles. The number of ether oxygens (including phenoxy) is 3. The molecule has 0 aliphatic rings. The number of carbonyl (C=O) groups is 1. The highest BCUT2D eigenvalue weighted by Gasteiger charge is 2.11. The van der Waals surface area contributed by atoms with E-state index in [2.05, 4.69) is 32.9 Å². The summed E-state index contributed by atoms with van der Waals surface area (Å²) in [5, 5.41) is 0. The zero-order chi connectivity index (χ0) is 29.1. The van der Waals surface area contributed by atoms with Crippen LogP contribution in [0.25, 0.3) is 11.1 Å². The summed E-state index contributed by atoms with van der Waals surface area (Å²) in [6, 6.07) is 23.3. The molecule has 1 atom stereocenters. The van der Waals surface area contributed by atoms with Gasteiger partial charge in [0.05, 0.1) is 18.3 Å². The molecule has 0 radical (unpaired) electrons. The highest BCUT2D eigenvalue weighted by Crippen LogP contribution is 2.25. The largest absolute Gasteiger partial charge is 0.494 e. The van der Waals surface area contributed by atoms with Gasteiger partial charge < -0.3 is 14.2 Å². The van der Waals surface area contributed by atoms with Crippen LogP contribution in [0.5, 0.6) is 11.5 Å². The fourth-order valence-electron chi connectivity index (χ4n) is 4.83. The zero-order valence-electron chi connectivity index (χ0n) is 25.5. The van der Waals surface area contributed by atoms with Crippen molar-refractivity contribution in [3.05, 3.63) is 83.9 Å². The van der Waals surface area contributed by atoms with Crippen LogP contribution < -0.4 is 9.47 Å². The number of hydrogen-bond acceptors (Lipinski definition) is 4. The number of carbonyl (C=O) groups excluding carboxylic acids is 1. The standard InChI is InChI=1S/C37H50O4/c1-4-6-8-10-12-14-28-39-30(3)31-20-26-36(27-21-31)41-37(38)34-18-16-32(17-19-34)33-22-24-35(25-23-33)40-29-15-13-11-9-7-5-2/h16-27,30H,4-15,28-29H2,1-3H3. The topological polar surface area (TPSA) is 44.8 Å². The van der Waals surface area contributed by atoms with Gasteiger partial charge in [0, 0.05) is 6.61 Å². The van der Waals surface area contributed by atoms with Crippen LogP contribution in [0.15, 0.2) is 72.8 Å². The molecule has 0 spiro atoms. The summed E-state index contributed by atoms with van der Waals surface area (Å²) in [6.07, 6.45) is 15.1. The van der Waals surface area contributed by atoms with E-state index in [4.69, 9.17) is 14.2 Å². The van der Waals surface area contributed by atoms with Gasteiger partial charge in [-0.25, -0.2) is 4.79 Å². The van der Waals surface area contributed by atoms with Gasteiger partial charge in [-0.15, -0.1) is 0 Å². The zero-order valence-corrected chi connectivity index (χ0v) is 25.5. The maximum Gasteiger partial charge on any atom is 0.343 e. The van der Waals surface area contributed by atoms with E-state index in [1.54, 1.807) is 0 Å². The second kappa shape index (κ2) is 19.1. The maximum atomic E-state index is 12.7. The summed E-state index contributed by atoms with van der Waals surface area (Å²) < 4.78 is 17.5. The van der Waals surface area contributed by atoms with E-state index in [1.165, 1.54) is 64.2 Å². The molecular weight excluding hydrogens is 508 g/mol. The van der Waals surface area contributed by atoms with Gasteiger partial charge in [-0.05, 0) is 72.9 Å². The Morgan fingerprint density at radius 1 is 0.585 bits per heavy atom. The summed E-state index contributed by atoms with van der Waals surface area (Å²) >= 11 is 0. The minimum absolute atomic E-state index is 0.0175. The molecule has 41 heavy (non-hydrogen) atoms. The molecule has 0 fully saturated rings. The molecule has 0 bridgehead atoms. The van der Waals surface area contributed by atoms with E-state index in [0.29, 0.717) is 11.3 Å². The fraction of sp³-hybridized carbons (Fsp3) is 0.486. The molecule has 222 valence electrons. The Labute approximate surface area is 248 Å². The molecule has 0 saturated carbocycles. The quantitative estimate of drug-likeness (QED) is 0.0786. The van der Waals surface area contributed by atoms with Crippen LogP contribution in [0.1, 0.15) is 120 Å². The van der Waals surface area contributed by atoms with Gasteiger partial charge >= 0.3 is 5.97 Å². The van der Waals surface area contributed by atoms with Gasteiger partial charge in [-0.3, -0.25) is 0 Å². The number of hydrogen-bond donors (Lipinski definition) is 0. The first-order chi connectivity index (χ1) is 20.1. The Kier molecular flexibility index (Phi) is 15.1. The Bertz CT molecular complexity index is 1100. The second-order valence-corrected chi connectivity index (χ2v) is 11.0. The third-order valence-corrected chi connectivity index (χ3v) is 7.50. The molecule has 3 aromatic carbocycles. The summed E-state index contributed by atoms with van der Waals surface area (Å²) in [5.74, 6) is 1.06. The summed E-state index contributed by atoms with van der Waals surface area (Å²) in [5.41, 5.74) is 3.73. The summed E-state index contributed by atoms with van der Waals surface area (Å²) in [7, 11) is 0. The Morgan fingerprint density at radius 2 is 1.07 bits per heavy atom. The van der Waals surface area contributed by atoms with Gasteiger partial charge in [-0.1, -0.05) is 114 Å². The van der Waals surface area contributed by atoms with Crippen LogP contribution in [-0.4, -0.2) is 19.2 Å². The second-order valence-electron chi connectivity index (χ2n) is 11.0. The molecular formula is C37H50O4. The Hall–Kier alpha value is -3.11. The highest BCUT2D eigenvalue weighted by molar-refractivity contribution is 5.91. The molecule has 1 unspecified atom stereocenters. The van der Waals surface area contributed by atoms with Crippen molar-refractivity contribution in [3.63, 3.8) is 0 Å². The van der Waals surface area contributed by atoms with Crippen LogP contribution in [0.3, 0.4) is 0 Å². The molecule has 0 aliphatic heterocycles. The monoisotopic (exact) mass is 558 g/mol. The third kappa shape index (κ3) is 12.1. The van der Waals surface area contributed by atoms with Crippen LogP contribution in [0.2, 0.25) is 0 Å². The molecule has 0 heterocycles. The van der Waals surface area contributed by atoms with Crippen LogP contribution in [0.4, 0.5) is 0 Å². The lowest BCUT2D eigenvalue weighted by atomic mass is 10.0. The lowest BCUT2D eigenvalue weighted by Crippen LogP contribution is -2.08. The predicted octanol–water partition coefficient (Wildman–Crippen LogP) is 10.8. The Morgan fingerprint density at radius 3 is 1.66 bits per heavy atom. The normalized spacial score (nSPS) is 11.8. The van der Waals surface area contributed by atoms with Crippen molar-refractivity contribution < 1.29 is 19.0 Å². The third-order valence-electron chi connectivity index (χ3n) is 7.50. The van der Waals surface area contributed by atoms with E-state index in [1.807, 2.05) is 60.7 Å². The number of rotatable bonds is 20. The van der Waals surface area contributed by atoms with Gasteiger partial charge in [0.1, 0.15) is 11.5 Å². The van der Waals surface area contributed by atoms with Crippen molar-refractivity contribution in [1.29, 1.82) is 0 Å². The number of esters is 1. The van der Waals surface area contributed by atoms with Gasteiger partial charge in [0.2, 0.25) is 0 Å². The van der Waals surface area contributed by atoms with Gasteiger partial charge in [0.25, 0.3) is 0 Å². The SMILES string of the molecule is CCCCCCCCOc1ccc(-c2ccc(C(=O)Oc3ccc(C(C)OCCCCCCCC)cc3)cc2)cc1. The first kappa shape index (κ1) is 32.4. The van der Waals surface area contributed by atoms with Gasteiger partial charge in [0.15, 0.2) is 0 Å². The lowest BCUT2D eigenvalue weighted by Gasteiger charge is -2.14. The van der Waals surface area contributed by atoms with Crippen molar-refractivity contribution in [3.8, 4) is 22.6 Å². The molecule has 4 nitrogen and oxygen atoms in total. The molecule has 3 aromatic rings. The first-order valence-electron chi connectivity index (χ1n) is 15.9. The van der Waals surface area contributed by atoms with Gasteiger partial charge in [-0.2, -0.15) is 0 Å². The predicted molar refractivity (Wildman–Crippen MR) is 170 cm³/mol. The minimum Gasteiger partial charge on any atom is -0.494 e. The Balaban J connectivity index is 1.40. The first-order valence-corrected chi connectivity index (χ1v) is 15.9. The van der Waals surface area contributed by atoms with Crippen LogP contribution in [0, 0.1) is 0 Å². The minimum atomic E-state index is -0.366. The smallest absolute Gasteiger partial charge is 0.343 e. The molecule has 3 rings (SSSR count). The van der Waals surface area contributed by atoms with E-state index in [9.17, 15) is 4.79 Å². The molecule has 0 amide bonds. The highest BCUT2D eigenvalue weighted by atomic mass is 16.5. The van der Waals surface area contributed by atoms with E-state index in [-0.39, 0.29) is 12.1 Å². The summed E-state index contributed by atoms with van der Waals surface area (Å²) in [4.78, 5) is 12.7. The number of unbranched alkanes of at least 4 members (excludes halogenated alkanes) is 10. The lowest BCUT2D eigenvalue weighted by molar-refractivity contribution is 0.0627. The maximum absolute atomic E-state index is 12.7. The van der Waals surface area contributed by atoms with Crippen LogP contribution >= 0.6 is 0 Å². The average molecular weight is 559 g/mol.